The number of hydrogen-bond acceptors (Lipinski definition) is 4. The zero-order valence-corrected chi connectivity index (χ0v) is 11.8. The summed E-state index contributed by atoms with van der Waals surface area (Å²) in [5, 5.41) is 11.4. The Balaban J connectivity index is 2.29. The number of nitrogens with zero attached hydrogens (tertiary/aromatic N) is 3. The van der Waals surface area contributed by atoms with E-state index in [2.05, 4.69) is 29.5 Å². The smallest absolute Gasteiger partial charge is 0.135 e. The van der Waals surface area contributed by atoms with E-state index in [9.17, 15) is 4.79 Å². The Hall–Kier alpha value is -1.23. The fraction of sp³-hybridized carbons (Fsp3) is 0.769. The summed E-state index contributed by atoms with van der Waals surface area (Å²) in [5.74, 6) is 0.448. The number of Topliss-reactive ketones (excluding diaryl/α,β-unsaturated/α-hetero) is 1. The third-order valence-electron chi connectivity index (χ3n) is 2.73. The molecule has 102 valence electrons. The lowest BCUT2D eigenvalue weighted by molar-refractivity contribution is -0.122. The summed E-state index contributed by atoms with van der Waals surface area (Å²) in [7, 11) is 0. The second-order valence-electron chi connectivity index (χ2n) is 5.23. The van der Waals surface area contributed by atoms with Gasteiger partial charge in [-0.05, 0) is 6.42 Å². The van der Waals surface area contributed by atoms with Crippen molar-refractivity contribution in [3.63, 3.8) is 0 Å². The van der Waals surface area contributed by atoms with Crippen LogP contribution in [0.5, 0.6) is 0 Å². The van der Waals surface area contributed by atoms with Crippen molar-refractivity contribution in [1.29, 1.82) is 0 Å². The average Bonchev–Trinajstić information content (AvgIpc) is 2.74. The molecule has 1 rings (SSSR count). The van der Waals surface area contributed by atoms with Crippen LogP contribution >= 0.6 is 0 Å². The molecule has 0 spiro atoms. The first kappa shape index (κ1) is 14.8. The highest BCUT2D eigenvalue weighted by molar-refractivity contribution is 5.80. The van der Waals surface area contributed by atoms with Crippen LogP contribution in [0, 0.1) is 5.92 Å². The Morgan fingerprint density at radius 3 is 2.72 bits per heavy atom. The molecule has 0 fully saturated rings. The number of hydrogen-bond donors (Lipinski definition) is 1. The van der Waals surface area contributed by atoms with Crippen LogP contribution in [0.3, 0.4) is 0 Å². The Bertz CT molecular complexity index is 371. The van der Waals surface area contributed by atoms with E-state index in [0.29, 0.717) is 18.2 Å². The van der Waals surface area contributed by atoms with Crippen LogP contribution in [0.2, 0.25) is 0 Å². The molecule has 0 amide bonds. The molecule has 0 unspecified atom stereocenters. The van der Waals surface area contributed by atoms with Gasteiger partial charge in [-0.2, -0.15) is 0 Å². The highest BCUT2D eigenvalue weighted by Gasteiger charge is 2.07. The molecule has 0 aliphatic heterocycles. The van der Waals surface area contributed by atoms with Crippen molar-refractivity contribution >= 4 is 5.78 Å². The van der Waals surface area contributed by atoms with Crippen molar-refractivity contribution in [2.45, 2.75) is 59.7 Å². The molecule has 0 aliphatic carbocycles. The van der Waals surface area contributed by atoms with Crippen molar-refractivity contribution in [2.75, 3.05) is 0 Å². The van der Waals surface area contributed by atoms with E-state index >= 15 is 0 Å². The SMILES string of the molecule is CC(C)NCc1cn(CCCC(=O)C(C)C)nn1. The predicted molar refractivity (Wildman–Crippen MR) is 71.1 cm³/mol. The maximum absolute atomic E-state index is 11.5. The predicted octanol–water partition coefficient (Wildman–Crippen LogP) is 1.78. The van der Waals surface area contributed by atoms with E-state index < -0.39 is 0 Å². The molecule has 1 aromatic heterocycles. The van der Waals surface area contributed by atoms with Gasteiger partial charge in [0, 0.05) is 37.7 Å². The lowest BCUT2D eigenvalue weighted by Gasteiger charge is -2.04. The summed E-state index contributed by atoms with van der Waals surface area (Å²) >= 11 is 0. The topological polar surface area (TPSA) is 59.8 Å². The van der Waals surface area contributed by atoms with Crippen LogP contribution in [-0.2, 0) is 17.9 Å². The second kappa shape index (κ2) is 7.26. The van der Waals surface area contributed by atoms with Gasteiger partial charge in [0.2, 0.25) is 0 Å². The summed E-state index contributed by atoms with van der Waals surface area (Å²) in [6.45, 7) is 9.57. The Morgan fingerprint density at radius 1 is 1.39 bits per heavy atom. The van der Waals surface area contributed by atoms with Gasteiger partial charge >= 0.3 is 0 Å². The number of carbonyl (C=O) groups is 1. The van der Waals surface area contributed by atoms with Crippen LogP contribution < -0.4 is 5.32 Å². The van der Waals surface area contributed by atoms with E-state index in [0.717, 1.165) is 25.2 Å². The molecule has 0 radical (unpaired) electrons. The molecular weight excluding hydrogens is 228 g/mol. The number of ketones is 1. The van der Waals surface area contributed by atoms with Crippen LogP contribution in [0.25, 0.3) is 0 Å². The summed E-state index contributed by atoms with van der Waals surface area (Å²) < 4.78 is 1.81. The zero-order chi connectivity index (χ0) is 13.5. The first-order valence-corrected chi connectivity index (χ1v) is 6.64. The maximum Gasteiger partial charge on any atom is 0.135 e. The molecule has 18 heavy (non-hydrogen) atoms. The van der Waals surface area contributed by atoms with Crippen molar-refractivity contribution < 1.29 is 4.79 Å². The Labute approximate surface area is 109 Å². The highest BCUT2D eigenvalue weighted by atomic mass is 16.1. The first-order chi connectivity index (χ1) is 8.49. The molecule has 0 atom stereocenters. The van der Waals surface area contributed by atoms with Gasteiger partial charge in [-0.25, -0.2) is 0 Å². The summed E-state index contributed by atoms with van der Waals surface area (Å²) in [5.41, 5.74) is 0.943. The van der Waals surface area contributed by atoms with Gasteiger partial charge in [0.05, 0.1) is 5.69 Å². The van der Waals surface area contributed by atoms with E-state index in [1.54, 1.807) is 0 Å². The minimum absolute atomic E-state index is 0.131. The third-order valence-corrected chi connectivity index (χ3v) is 2.73. The molecular formula is C13H24N4O. The minimum atomic E-state index is 0.131. The normalized spacial score (nSPS) is 11.4. The van der Waals surface area contributed by atoms with Crippen molar-refractivity contribution in [1.82, 2.24) is 20.3 Å². The van der Waals surface area contributed by atoms with Gasteiger partial charge in [-0.15, -0.1) is 5.10 Å². The maximum atomic E-state index is 11.5. The summed E-state index contributed by atoms with van der Waals surface area (Å²) in [6, 6.07) is 0.443. The van der Waals surface area contributed by atoms with Gasteiger partial charge < -0.3 is 5.32 Å². The zero-order valence-electron chi connectivity index (χ0n) is 11.8. The molecule has 1 heterocycles. The van der Waals surface area contributed by atoms with Crippen LogP contribution in [0.15, 0.2) is 6.20 Å². The standard InChI is InChI=1S/C13H24N4O/c1-10(2)13(18)6-5-7-17-9-12(15-16-17)8-14-11(3)4/h9-11,14H,5-8H2,1-4H3. The number of aryl methyl sites for hydroxylation is 1. The van der Waals surface area contributed by atoms with Gasteiger partial charge in [0.25, 0.3) is 0 Å². The Kier molecular flexibility index (Phi) is 5.98. The number of carbonyl (C=O) groups excluding carboxylic acids is 1. The molecule has 0 aliphatic rings. The monoisotopic (exact) mass is 252 g/mol. The van der Waals surface area contributed by atoms with Gasteiger partial charge in [0.15, 0.2) is 0 Å². The quantitative estimate of drug-likeness (QED) is 0.766. The molecule has 0 saturated heterocycles. The lowest BCUT2D eigenvalue weighted by atomic mass is 10.1. The van der Waals surface area contributed by atoms with Gasteiger partial charge in [-0.1, -0.05) is 32.9 Å². The lowest BCUT2D eigenvalue weighted by Crippen LogP contribution is -2.21. The van der Waals surface area contributed by atoms with E-state index in [1.165, 1.54) is 0 Å². The van der Waals surface area contributed by atoms with E-state index in [-0.39, 0.29) is 5.92 Å². The minimum Gasteiger partial charge on any atom is -0.309 e. The van der Waals surface area contributed by atoms with Crippen LogP contribution in [0.4, 0.5) is 0 Å². The number of rotatable bonds is 8. The molecule has 1 aromatic rings. The summed E-state index contributed by atoms with van der Waals surface area (Å²) in [4.78, 5) is 11.5. The molecule has 0 bridgehead atoms. The fourth-order valence-corrected chi connectivity index (χ4v) is 1.54. The second-order valence-corrected chi connectivity index (χ2v) is 5.23. The number of aromatic nitrogens is 3. The van der Waals surface area contributed by atoms with Crippen LogP contribution in [-0.4, -0.2) is 26.8 Å². The van der Waals surface area contributed by atoms with E-state index in [1.807, 2.05) is 24.7 Å². The van der Waals surface area contributed by atoms with Crippen molar-refractivity contribution in [3.05, 3.63) is 11.9 Å². The third kappa shape index (κ3) is 5.40. The van der Waals surface area contributed by atoms with Crippen LogP contribution in [0.1, 0.15) is 46.2 Å². The molecule has 0 saturated carbocycles. The van der Waals surface area contributed by atoms with Gasteiger partial charge in [-0.3, -0.25) is 9.48 Å². The largest absolute Gasteiger partial charge is 0.309 e. The van der Waals surface area contributed by atoms with Gasteiger partial charge in [0.1, 0.15) is 5.78 Å². The molecule has 5 nitrogen and oxygen atoms in total. The summed E-state index contributed by atoms with van der Waals surface area (Å²) in [6.07, 6.45) is 3.39. The molecule has 1 N–H and O–H groups in total. The highest BCUT2D eigenvalue weighted by Crippen LogP contribution is 2.03. The Morgan fingerprint density at radius 2 is 2.11 bits per heavy atom. The van der Waals surface area contributed by atoms with Crippen molar-refractivity contribution in [2.24, 2.45) is 5.92 Å². The average molecular weight is 252 g/mol. The molecule has 5 heteroatoms. The van der Waals surface area contributed by atoms with E-state index in [4.69, 9.17) is 0 Å². The molecule has 0 aromatic carbocycles. The fourth-order valence-electron chi connectivity index (χ4n) is 1.54. The first-order valence-electron chi connectivity index (χ1n) is 6.64. The van der Waals surface area contributed by atoms with Crippen molar-refractivity contribution in [3.8, 4) is 0 Å². The number of nitrogens with one attached hydrogen (secondary N) is 1.